The fraction of sp³-hybridized carbons (Fsp3) is 0.857. The number of terminal acetylenes is 1. The van der Waals surface area contributed by atoms with Crippen molar-refractivity contribution >= 4 is 0 Å². The van der Waals surface area contributed by atoms with Crippen molar-refractivity contribution in [2.75, 3.05) is 19.6 Å². The molecule has 0 aliphatic carbocycles. The summed E-state index contributed by atoms with van der Waals surface area (Å²) in [6, 6.07) is 0.707. The van der Waals surface area contributed by atoms with Gasteiger partial charge in [-0.05, 0) is 39.7 Å². The number of hydrogen-bond donors (Lipinski definition) is 1. The highest BCUT2D eigenvalue weighted by molar-refractivity contribution is 4.91. The van der Waals surface area contributed by atoms with E-state index in [9.17, 15) is 0 Å². The van der Waals surface area contributed by atoms with Gasteiger partial charge in [-0.2, -0.15) is 0 Å². The summed E-state index contributed by atoms with van der Waals surface area (Å²) in [6.07, 6.45) is 9.82. The molecule has 1 heterocycles. The molecule has 16 heavy (non-hydrogen) atoms. The largest absolute Gasteiger partial charge is 0.309 e. The van der Waals surface area contributed by atoms with E-state index in [1.54, 1.807) is 0 Å². The molecular weight excluding hydrogens is 196 g/mol. The number of nitrogens with one attached hydrogen (secondary N) is 1. The van der Waals surface area contributed by atoms with Gasteiger partial charge in [0.15, 0.2) is 0 Å². The monoisotopic (exact) mass is 222 g/mol. The summed E-state index contributed by atoms with van der Waals surface area (Å²) < 4.78 is 0. The number of rotatable bonds is 5. The first kappa shape index (κ1) is 13.5. The van der Waals surface area contributed by atoms with Crippen LogP contribution in [0, 0.1) is 12.3 Å². The van der Waals surface area contributed by atoms with E-state index in [4.69, 9.17) is 6.42 Å². The first-order chi connectivity index (χ1) is 7.59. The lowest BCUT2D eigenvalue weighted by Gasteiger charge is -2.44. The fourth-order valence-corrected chi connectivity index (χ4v) is 2.42. The Bertz CT molecular complexity index is 240. The topological polar surface area (TPSA) is 15.3 Å². The Balaban J connectivity index is 2.37. The lowest BCUT2D eigenvalue weighted by molar-refractivity contribution is 0.0912. The summed E-state index contributed by atoms with van der Waals surface area (Å²) in [4.78, 5) is 2.63. The molecule has 1 rings (SSSR count). The van der Waals surface area contributed by atoms with Crippen molar-refractivity contribution < 1.29 is 0 Å². The van der Waals surface area contributed by atoms with Crippen LogP contribution >= 0.6 is 0 Å². The third kappa shape index (κ3) is 4.15. The lowest BCUT2D eigenvalue weighted by atomic mass is 9.97. The van der Waals surface area contributed by atoms with Crippen LogP contribution in [0.4, 0.5) is 0 Å². The van der Waals surface area contributed by atoms with Crippen LogP contribution in [0.15, 0.2) is 0 Å². The average molecular weight is 222 g/mol. The Morgan fingerprint density at radius 1 is 1.44 bits per heavy atom. The third-order valence-corrected chi connectivity index (χ3v) is 3.42. The standard InChI is InChI=1S/C14H26N2/c1-5-7-8-9-10-16-12-14(3,4)15-11-13(16)6-2/h1,13,15H,6-12H2,2-4H3. The maximum atomic E-state index is 5.27. The van der Waals surface area contributed by atoms with Gasteiger partial charge in [-0.25, -0.2) is 0 Å². The van der Waals surface area contributed by atoms with E-state index in [0.29, 0.717) is 6.04 Å². The Labute approximate surface area is 101 Å². The number of hydrogen-bond acceptors (Lipinski definition) is 2. The molecule has 2 heteroatoms. The molecule has 1 unspecified atom stereocenters. The molecule has 0 spiro atoms. The summed E-state index contributed by atoms with van der Waals surface area (Å²) in [5.41, 5.74) is 0.262. The minimum atomic E-state index is 0.262. The van der Waals surface area contributed by atoms with Gasteiger partial charge < -0.3 is 5.32 Å². The van der Waals surface area contributed by atoms with Crippen molar-refractivity contribution in [3.63, 3.8) is 0 Å². The van der Waals surface area contributed by atoms with Crippen LogP contribution in [0.1, 0.15) is 46.5 Å². The van der Waals surface area contributed by atoms with Gasteiger partial charge in [-0.3, -0.25) is 4.90 Å². The molecule has 1 saturated heterocycles. The van der Waals surface area contributed by atoms with Gasteiger partial charge in [0.1, 0.15) is 0 Å². The number of nitrogens with zero attached hydrogens (tertiary/aromatic N) is 1. The zero-order valence-corrected chi connectivity index (χ0v) is 11.1. The van der Waals surface area contributed by atoms with Crippen LogP contribution in [-0.4, -0.2) is 36.1 Å². The summed E-state index contributed by atoms with van der Waals surface area (Å²) in [5.74, 6) is 2.72. The predicted octanol–water partition coefficient (Wildman–Crippen LogP) is 2.25. The summed E-state index contributed by atoms with van der Waals surface area (Å²) in [6.45, 7) is 10.3. The second-order valence-electron chi connectivity index (χ2n) is 5.46. The molecule has 0 amide bonds. The molecule has 1 N–H and O–H groups in total. The van der Waals surface area contributed by atoms with Crippen LogP contribution < -0.4 is 5.32 Å². The van der Waals surface area contributed by atoms with Crippen molar-refractivity contribution in [2.45, 2.75) is 58.0 Å². The number of piperazine rings is 1. The van der Waals surface area contributed by atoms with Crippen molar-refractivity contribution in [3.05, 3.63) is 0 Å². The highest BCUT2D eigenvalue weighted by Crippen LogP contribution is 2.17. The highest BCUT2D eigenvalue weighted by atomic mass is 15.2. The second-order valence-corrected chi connectivity index (χ2v) is 5.46. The molecule has 1 fully saturated rings. The molecule has 1 aliphatic rings. The van der Waals surface area contributed by atoms with Crippen molar-refractivity contribution in [1.29, 1.82) is 0 Å². The summed E-state index contributed by atoms with van der Waals surface area (Å²) in [5, 5.41) is 3.62. The van der Waals surface area contributed by atoms with Crippen LogP contribution in [0.2, 0.25) is 0 Å². The van der Waals surface area contributed by atoms with Gasteiger partial charge in [0.05, 0.1) is 0 Å². The zero-order valence-electron chi connectivity index (χ0n) is 11.1. The fourth-order valence-electron chi connectivity index (χ4n) is 2.42. The minimum absolute atomic E-state index is 0.262. The van der Waals surface area contributed by atoms with Gasteiger partial charge in [0.2, 0.25) is 0 Å². The SMILES string of the molecule is C#CCCCCN1CC(C)(C)NCC1CC. The molecule has 0 bridgehead atoms. The maximum Gasteiger partial charge on any atom is 0.0252 e. The van der Waals surface area contributed by atoms with Gasteiger partial charge in [-0.15, -0.1) is 12.3 Å². The number of unbranched alkanes of at least 4 members (excludes halogenated alkanes) is 2. The smallest absolute Gasteiger partial charge is 0.0252 e. The summed E-state index contributed by atoms with van der Waals surface area (Å²) >= 11 is 0. The van der Waals surface area contributed by atoms with E-state index in [-0.39, 0.29) is 5.54 Å². The van der Waals surface area contributed by atoms with E-state index in [1.165, 1.54) is 19.4 Å². The van der Waals surface area contributed by atoms with Gasteiger partial charge >= 0.3 is 0 Å². The zero-order chi connectivity index (χ0) is 12.0. The quantitative estimate of drug-likeness (QED) is 0.567. The predicted molar refractivity (Wildman–Crippen MR) is 70.4 cm³/mol. The minimum Gasteiger partial charge on any atom is -0.309 e. The van der Waals surface area contributed by atoms with Crippen LogP contribution in [0.5, 0.6) is 0 Å². The lowest BCUT2D eigenvalue weighted by Crippen LogP contribution is -2.61. The molecule has 2 nitrogen and oxygen atoms in total. The van der Waals surface area contributed by atoms with E-state index < -0.39 is 0 Å². The van der Waals surface area contributed by atoms with E-state index in [2.05, 4.69) is 36.9 Å². The first-order valence-corrected chi connectivity index (χ1v) is 6.51. The molecule has 0 aromatic rings. The van der Waals surface area contributed by atoms with Crippen LogP contribution in [0.3, 0.4) is 0 Å². The van der Waals surface area contributed by atoms with E-state index in [0.717, 1.165) is 25.9 Å². The molecule has 92 valence electrons. The molecular formula is C14H26N2. The average Bonchev–Trinajstić information content (AvgIpc) is 2.24. The maximum absolute atomic E-state index is 5.27. The Hall–Kier alpha value is -0.520. The molecule has 0 aromatic heterocycles. The van der Waals surface area contributed by atoms with Crippen molar-refractivity contribution in [3.8, 4) is 12.3 Å². The normalized spacial score (nSPS) is 25.2. The van der Waals surface area contributed by atoms with Crippen molar-refractivity contribution in [1.82, 2.24) is 10.2 Å². The third-order valence-electron chi connectivity index (χ3n) is 3.42. The molecule has 0 radical (unpaired) electrons. The van der Waals surface area contributed by atoms with E-state index in [1.807, 2.05) is 0 Å². The van der Waals surface area contributed by atoms with Crippen LogP contribution in [-0.2, 0) is 0 Å². The molecule has 0 aromatic carbocycles. The van der Waals surface area contributed by atoms with E-state index >= 15 is 0 Å². The summed E-state index contributed by atoms with van der Waals surface area (Å²) in [7, 11) is 0. The van der Waals surface area contributed by atoms with Gasteiger partial charge in [0, 0.05) is 31.1 Å². The van der Waals surface area contributed by atoms with Crippen LogP contribution in [0.25, 0.3) is 0 Å². The van der Waals surface area contributed by atoms with Gasteiger partial charge in [0.25, 0.3) is 0 Å². The van der Waals surface area contributed by atoms with Crippen molar-refractivity contribution in [2.24, 2.45) is 0 Å². The highest BCUT2D eigenvalue weighted by Gasteiger charge is 2.30. The van der Waals surface area contributed by atoms with Gasteiger partial charge in [-0.1, -0.05) is 6.92 Å². The second kappa shape index (κ2) is 6.27. The first-order valence-electron chi connectivity index (χ1n) is 6.51. The molecule has 1 atom stereocenters. The molecule has 0 saturated carbocycles. The molecule has 1 aliphatic heterocycles. The Morgan fingerprint density at radius 3 is 2.81 bits per heavy atom. The Morgan fingerprint density at radius 2 is 2.19 bits per heavy atom. The Kier molecular flexibility index (Phi) is 5.31.